The van der Waals surface area contributed by atoms with Gasteiger partial charge in [0, 0.05) is 19.3 Å². The molecule has 0 radical (unpaired) electrons. The molecule has 0 aliphatic rings. The molecule has 3 heteroatoms. The molecule has 0 atom stereocenters. The van der Waals surface area contributed by atoms with Crippen molar-refractivity contribution < 1.29 is 5.11 Å². The molecule has 0 amide bonds. The van der Waals surface area contributed by atoms with Crippen LogP contribution < -0.4 is 4.90 Å². The summed E-state index contributed by atoms with van der Waals surface area (Å²) in [5.41, 5.74) is 0.894. The number of pyridine rings is 1. The lowest BCUT2D eigenvalue weighted by molar-refractivity contribution is 0.281. The fraction of sp³-hybridized carbons (Fsp3) is 0.417. The molecule has 1 rings (SSSR count). The van der Waals surface area contributed by atoms with Crippen LogP contribution in [0.25, 0.3) is 0 Å². The van der Waals surface area contributed by atoms with Crippen LogP contribution in [-0.2, 0) is 6.61 Å². The smallest absolute Gasteiger partial charge is 0.129 e. The van der Waals surface area contributed by atoms with Crippen LogP contribution >= 0.6 is 0 Å². The van der Waals surface area contributed by atoms with Crippen LogP contribution in [0.3, 0.4) is 0 Å². The van der Waals surface area contributed by atoms with Gasteiger partial charge in [0.2, 0.25) is 0 Å². The molecule has 1 aromatic rings. The minimum Gasteiger partial charge on any atom is -0.392 e. The Morgan fingerprint density at radius 1 is 1.60 bits per heavy atom. The van der Waals surface area contributed by atoms with Crippen molar-refractivity contribution in [3.63, 3.8) is 0 Å². The average Bonchev–Trinajstić information content (AvgIpc) is 2.29. The van der Waals surface area contributed by atoms with Crippen molar-refractivity contribution in [3.8, 4) is 0 Å². The normalized spacial score (nSPS) is 10.0. The van der Waals surface area contributed by atoms with Gasteiger partial charge in [-0.2, -0.15) is 0 Å². The average molecular weight is 206 g/mol. The Morgan fingerprint density at radius 3 is 3.00 bits per heavy atom. The van der Waals surface area contributed by atoms with E-state index in [9.17, 15) is 0 Å². The van der Waals surface area contributed by atoms with Gasteiger partial charge >= 0.3 is 0 Å². The summed E-state index contributed by atoms with van der Waals surface area (Å²) in [6.07, 6.45) is 4.66. The lowest BCUT2D eigenvalue weighted by Gasteiger charge is -2.21. The molecule has 0 unspecified atom stereocenters. The summed E-state index contributed by atoms with van der Waals surface area (Å²) < 4.78 is 0. The third-order valence-electron chi connectivity index (χ3n) is 2.16. The molecule has 1 heterocycles. The van der Waals surface area contributed by atoms with E-state index in [0.29, 0.717) is 0 Å². The number of aliphatic hydroxyl groups excluding tert-OH is 1. The Hall–Kier alpha value is -1.35. The van der Waals surface area contributed by atoms with E-state index in [1.807, 2.05) is 18.2 Å². The van der Waals surface area contributed by atoms with E-state index < -0.39 is 0 Å². The Balaban J connectivity index is 2.83. The maximum absolute atomic E-state index is 9.04. The zero-order valence-electron chi connectivity index (χ0n) is 9.19. The first kappa shape index (κ1) is 11.7. The van der Waals surface area contributed by atoms with Crippen LogP contribution in [-0.4, -0.2) is 23.2 Å². The Morgan fingerprint density at radius 2 is 2.40 bits per heavy atom. The molecular formula is C12H18N2O. The molecule has 0 aromatic carbocycles. The Labute approximate surface area is 91.1 Å². The third-order valence-corrected chi connectivity index (χ3v) is 2.16. The molecule has 82 valence electrons. The standard InChI is InChI=1S/C12H18N2O/c1-3-7-14(8-4-2)12-9-11(10-15)5-6-13-12/h3,5-6,9,15H,1,4,7-8,10H2,2H3. The van der Waals surface area contributed by atoms with Crippen LogP contribution in [0.4, 0.5) is 5.82 Å². The summed E-state index contributed by atoms with van der Waals surface area (Å²) >= 11 is 0. The summed E-state index contributed by atoms with van der Waals surface area (Å²) in [4.78, 5) is 6.44. The third kappa shape index (κ3) is 3.36. The van der Waals surface area contributed by atoms with Crippen molar-refractivity contribution in [2.75, 3.05) is 18.0 Å². The Bertz CT molecular complexity index is 312. The quantitative estimate of drug-likeness (QED) is 0.723. The van der Waals surface area contributed by atoms with Crippen LogP contribution in [0.2, 0.25) is 0 Å². The Kier molecular flexibility index (Phi) is 4.84. The van der Waals surface area contributed by atoms with Gasteiger partial charge in [-0.25, -0.2) is 4.98 Å². The van der Waals surface area contributed by atoms with Gasteiger partial charge in [0.05, 0.1) is 6.61 Å². The van der Waals surface area contributed by atoms with Crippen molar-refractivity contribution >= 4 is 5.82 Å². The fourth-order valence-corrected chi connectivity index (χ4v) is 1.46. The highest BCUT2D eigenvalue weighted by Gasteiger charge is 2.05. The van der Waals surface area contributed by atoms with Gasteiger partial charge < -0.3 is 10.0 Å². The predicted molar refractivity (Wildman–Crippen MR) is 62.9 cm³/mol. The topological polar surface area (TPSA) is 36.4 Å². The summed E-state index contributed by atoms with van der Waals surface area (Å²) in [5.74, 6) is 0.906. The minimum absolute atomic E-state index is 0.0591. The number of aromatic nitrogens is 1. The van der Waals surface area contributed by atoms with E-state index in [2.05, 4.69) is 23.4 Å². The van der Waals surface area contributed by atoms with E-state index in [1.54, 1.807) is 6.20 Å². The van der Waals surface area contributed by atoms with Crippen LogP contribution in [0, 0.1) is 0 Å². The maximum atomic E-state index is 9.04. The largest absolute Gasteiger partial charge is 0.392 e. The lowest BCUT2D eigenvalue weighted by Crippen LogP contribution is -2.25. The number of nitrogens with zero attached hydrogens (tertiary/aromatic N) is 2. The lowest BCUT2D eigenvalue weighted by atomic mass is 10.2. The molecule has 15 heavy (non-hydrogen) atoms. The van der Waals surface area contributed by atoms with Crippen molar-refractivity contribution in [2.45, 2.75) is 20.0 Å². The first-order chi connectivity index (χ1) is 7.31. The van der Waals surface area contributed by atoms with Crippen LogP contribution in [0.5, 0.6) is 0 Å². The zero-order chi connectivity index (χ0) is 11.1. The van der Waals surface area contributed by atoms with E-state index in [-0.39, 0.29) is 6.61 Å². The minimum atomic E-state index is 0.0591. The highest BCUT2D eigenvalue weighted by atomic mass is 16.3. The molecule has 3 nitrogen and oxygen atoms in total. The second kappa shape index (κ2) is 6.19. The number of hydrogen-bond acceptors (Lipinski definition) is 3. The van der Waals surface area contributed by atoms with Crippen molar-refractivity contribution in [3.05, 3.63) is 36.5 Å². The zero-order valence-corrected chi connectivity index (χ0v) is 9.19. The summed E-state index contributed by atoms with van der Waals surface area (Å²) in [6.45, 7) is 7.66. The number of hydrogen-bond donors (Lipinski definition) is 1. The molecule has 0 aliphatic heterocycles. The van der Waals surface area contributed by atoms with Crippen molar-refractivity contribution in [2.24, 2.45) is 0 Å². The molecule has 0 saturated heterocycles. The first-order valence-corrected chi connectivity index (χ1v) is 5.23. The van der Waals surface area contributed by atoms with Gasteiger partial charge in [0.1, 0.15) is 5.82 Å². The van der Waals surface area contributed by atoms with Crippen molar-refractivity contribution in [1.82, 2.24) is 4.98 Å². The summed E-state index contributed by atoms with van der Waals surface area (Å²) in [7, 11) is 0. The van der Waals surface area contributed by atoms with Crippen LogP contribution in [0.1, 0.15) is 18.9 Å². The van der Waals surface area contributed by atoms with Gasteiger partial charge in [-0.3, -0.25) is 0 Å². The molecular weight excluding hydrogens is 188 g/mol. The monoisotopic (exact) mass is 206 g/mol. The molecule has 0 bridgehead atoms. The highest BCUT2D eigenvalue weighted by molar-refractivity contribution is 5.41. The summed E-state index contributed by atoms with van der Waals surface area (Å²) in [6, 6.07) is 3.74. The number of rotatable bonds is 6. The predicted octanol–water partition coefficient (Wildman–Crippen LogP) is 1.98. The van der Waals surface area contributed by atoms with Gasteiger partial charge in [-0.1, -0.05) is 13.0 Å². The van der Waals surface area contributed by atoms with Gasteiger partial charge in [0.25, 0.3) is 0 Å². The molecule has 0 fully saturated rings. The summed E-state index contributed by atoms with van der Waals surface area (Å²) in [5, 5.41) is 9.04. The molecule has 0 aliphatic carbocycles. The molecule has 0 saturated carbocycles. The number of aliphatic hydroxyl groups is 1. The highest BCUT2D eigenvalue weighted by Crippen LogP contribution is 2.13. The molecule has 0 spiro atoms. The van der Waals surface area contributed by atoms with Gasteiger partial charge in [0.15, 0.2) is 0 Å². The van der Waals surface area contributed by atoms with Gasteiger partial charge in [-0.15, -0.1) is 6.58 Å². The second-order valence-corrected chi connectivity index (χ2v) is 3.42. The van der Waals surface area contributed by atoms with E-state index in [1.165, 1.54) is 0 Å². The van der Waals surface area contributed by atoms with E-state index in [0.717, 1.165) is 30.9 Å². The van der Waals surface area contributed by atoms with Crippen molar-refractivity contribution in [1.29, 1.82) is 0 Å². The van der Waals surface area contributed by atoms with E-state index in [4.69, 9.17) is 5.11 Å². The molecule has 1 aromatic heterocycles. The maximum Gasteiger partial charge on any atom is 0.129 e. The van der Waals surface area contributed by atoms with E-state index >= 15 is 0 Å². The SMILES string of the molecule is C=CCN(CCC)c1cc(CO)ccn1. The fourth-order valence-electron chi connectivity index (χ4n) is 1.46. The molecule has 1 N–H and O–H groups in total. The second-order valence-electron chi connectivity index (χ2n) is 3.42. The number of anilines is 1. The first-order valence-electron chi connectivity index (χ1n) is 5.23. The van der Waals surface area contributed by atoms with Crippen LogP contribution in [0.15, 0.2) is 31.0 Å². The van der Waals surface area contributed by atoms with Gasteiger partial charge in [-0.05, 0) is 24.1 Å².